The average Bonchev–Trinajstić information content (AvgIpc) is 2.41. The zero-order valence-electron chi connectivity index (χ0n) is 11.4. The Morgan fingerprint density at radius 1 is 1.43 bits per heavy atom. The summed E-state index contributed by atoms with van der Waals surface area (Å²) < 4.78 is 35.9. The highest BCUT2D eigenvalue weighted by Gasteiger charge is 2.27. The summed E-state index contributed by atoms with van der Waals surface area (Å²) >= 11 is -0.162. The van der Waals surface area contributed by atoms with Crippen molar-refractivity contribution in [3.05, 3.63) is 34.9 Å². The molecule has 0 spiro atoms. The van der Waals surface area contributed by atoms with E-state index in [2.05, 4.69) is 17.2 Å². The summed E-state index contributed by atoms with van der Waals surface area (Å²) in [5.74, 6) is 4.91. The van der Waals surface area contributed by atoms with E-state index in [9.17, 15) is 18.0 Å². The van der Waals surface area contributed by atoms with E-state index in [1.54, 1.807) is 25.1 Å². The molecule has 0 radical (unpaired) electrons. The van der Waals surface area contributed by atoms with Gasteiger partial charge < -0.3 is 11.1 Å². The maximum Gasteiger partial charge on any atom is 0.441 e. The van der Waals surface area contributed by atoms with Gasteiger partial charge in [0.25, 0.3) is 5.91 Å². The third-order valence-corrected chi connectivity index (χ3v) is 3.29. The first kappa shape index (κ1) is 17.4. The minimum absolute atomic E-state index is 0.0544. The Morgan fingerprint density at radius 2 is 2.14 bits per heavy atom. The Balaban J connectivity index is 2.66. The van der Waals surface area contributed by atoms with Gasteiger partial charge in [-0.15, -0.1) is 0 Å². The molecule has 0 saturated heterocycles. The van der Waals surface area contributed by atoms with Gasteiger partial charge in [-0.1, -0.05) is 17.9 Å². The fourth-order valence-electron chi connectivity index (χ4n) is 1.59. The van der Waals surface area contributed by atoms with Gasteiger partial charge in [-0.25, -0.2) is 0 Å². The van der Waals surface area contributed by atoms with E-state index in [1.807, 2.05) is 0 Å². The number of rotatable bonds is 4. The van der Waals surface area contributed by atoms with E-state index < -0.39 is 11.4 Å². The zero-order valence-corrected chi connectivity index (χ0v) is 12.2. The number of thioether (sulfide) groups is 1. The maximum atomic E-state index is 12.0. The second-order valence-corrected chi connectivity index (χ2v) is 5.19. The summed E-state index contributed by atoms with van der Waals surface area (Å²) in [4.78, 5) is 11.9. The number of hydrogen-bond donors (Lipinski definition) is 2. The molecule has 1 amide bonds. The summed E-state index contributed by atoms with van der Waals surface area (Å²) in [6, 6.07) is 5.04. The quantitative estimate of drug-likeness (QED) is 0.662. The van der Waals surface area contributed by atoms with Crippen LogP contribution in [0.5, 0.6) is 0 Å². The Kier molecular flexibility index (Phi) is 6.59. The number of alkyl halides is 3. The van der Waals surface area contributed by atoms with Crippen molar-refractivity contribution in [1.82, 2.24) is 5.32 Å². The van der Waals surface area contributed by atoms with Crippen LogP contribution < -0.4 is 11.1 Å². The first-order valence-corrected chi connectivity index (χ1v) is 7.11. The molecule has 0 aliphatic carbocycles. The predicted octanol–water partition coefficient (Wildman–Crippen LogP) is 2.29. The molecule has 0 heterocycles. The Hall–Kier alpha value is -1.65. The zero-order chi connectivity index (χ0) is 15.9. The number of amides is 1. The second-order valence-electron chi connectivity index (χ2n) is 4.03. The Labute approximate surface area is 125 Å². The monoisotopic (exact) mass is 316 g/mol. The molecule has 1 aromatic rings. The van der Waals surface area contributed by atoms with Gasteiger partial charge in [0.05, 0.1) is 6.54 Å². The van der Waals surface area contributed by atoms with Crippen LogP contribution in [-0.2, 0) is 0 Å². The van der Waals surface area contributed by atoms with Crippen molar-refractivity contribution < 1.29 is 18.0 Å². The lowest BCUT2D eigenvalue weighted by atomic mass is 10.0. The largest absolute Gasteiger partial charge is 0.441 e. The molecule has 3 N–H and O–H groups in total. The molecule has 0 fully saturated rings. The normalized spacial score (nSPS) is 10.7. The predicted molar refractivity (Wildman–Crippen MR) is 78.0 cm³/mol. The lowest BCUT2D eigenvalue weighted by molar-refractivity contribution is -0.0327. The van der Waals surface area contributed by atoms with Crippen LogP contribution in [0.1, 0.15) is 21.5 Å². The van der Waals surface area contributed by atoms with Gasteiger partial charge in [0.2, 0.25) is 0 Å². The molecular weight excluding hydrogens is 301 g/mol. The molecule has 0 unspecified atom stereocenters. The number of nitrogens with one attached hydrogen (secondary N) is 1. The summed E-state index contributed by atoms with van der Waals surface area (Å²) in [7, 11) is 0. The highest BCUT2D eigenvalue weighted by molar-refractivity contribution is 8.00. The van der Waals surface area contributed by atoms with Crippen LogP contribution in [0.2, 0.25) is 0 Å². The molecule has 0 saturated carbocycles. The van der Waals surface area contributed by atoms with Crippen LogP contribution in [-0.4, -0.2) is 30.3 Å². The van der Waals surface area contributed by atoms with Crippen LogP contribution >= 0.6 is 11.8 Å². The molecule has 0 aliphatic rings. The molecule has 21 heavy (non-hydrogen) atoms. The minimum Gasteiger partial charge on any atom is -0.351 e. The molecular formula is C14H15F3N2OS. The number of carbonyl (C=O) groups excluding carboxylic acids is 1. The van der Waals surface area contributed by atoms with Gasteiger partial charge in [-0.3, -0.25) is 4.79 Å². The van der Waals surface area contributed by atoms with E-state index in [0.717, 1.165) is 0 Å². The molecule has 3 nitrogen and oxygen atoms in total. The summed E-state index contributed by atoms with van der Waals surface area (Å²) in [6.07, 6.45) is 0. The first-order chi connectivity index (χ1) is 9.85. The SMILES string of the molecule is Cc1c(C#CCN)cccc1C(=O)NCCSC(F)(F)F. The smallest absolute Gasteiger partial charge is 0.351 e. The van der Waals surface area contributed by atoms with E-state index >= 15 is 0 Å². The van der Waals surface area contributed by atoms with Crippen LogP contribution in [0.15, 0.2) is 18.2 Å². The number of benzene rings is 1. The number of carbonyl (C=O) groups is 1. The lowest BCUT2D eigenvalue weighted by Gasteiger charge is -2.09. The lowest BCUT2D eigenvalue weighted by Crippen LogP contribution is -2.27. The molecule has 1 aromatic carbocycles. The van der Waals surface area contributed by atoms with Crippen molar-refractivity contribution in [1.29, 1.82) is 0 Å². The highest BCUT2D eigenvalue weighted by atomic mass is 32.2. The Bertz CT molecular complexity index is 562. The van der Waals surface area contributed by atoms with Gasteiger partial charge in [0, 0.05) is 23.4 Å². The van der Waals surface area contributed by atoms with Gasteiger partial charge in [0.1, 0.15) is 0 Å². The van der Waals surface area contributed by atoms with Crippen molar-refractivity contribution in [2.45, 2.75) is 12.4 Å². The maximum absolute atomic E-state index is 12.0. The van der Waals surface area contributed by atoms with E-state index in [4.69, 9.17) is 5.73 Å². The number of halogens is 3. The van der Waals surface area contributed by atoms with Crippen molar-refractivity contribution in [3.63, 3.8) is 0 Å². The van der Waals surface area contributed by atoms with E-state index in [-0.39, 0.29) is 30.6 Å². The standard InChI is InChI=1S/C14H15F3N2OS/c1-10-11(5-3-7-18)4-2-6-12(10)13(20)19-8-9-21-14(15,16)17/h2,4,6H,7-9,18H2,1H3,(H,19,20). The minimum atomic E-state index is -4.28. The number of nitrogens with two attached hydrogens (primary N) is 1. The molecule has 7 heteroatoms. The highest BCUT2D eigenvalue weighted by Crippen LogP contribution is 2.29. The van der Waals surface area contributed by atoms with Gasteiger partial charge in [-0.05, 0) is 36.4 Å². The molecule has 0 aromatic heterocycles. The third-order valence-electron chi connectivity index (χ3n) is 2.56. The van der Waals surface area contributed by atoms with E-state index in [0.29, 0.717) is 16.7 Å². The first-order valence-electron chi connectivity index (χ1n) is 6.12. The molecule has 0 aliphatic heterocycles. The van der Waals surface area contributed by atoms with Gasteiger partial charge >= 0.3 is 5.51 Å². The van der Waals surface area contributed by atoms with E-state index in [1.165, 1.54) is 0 Å². The van der Waals surface area contributed by atoms with Crippen LogP contribution in [0, 0.1) is 18.8 Å². The molecule has 1 rings (SSSR count). The van der Waals surface area contributed by atoms with Crippen molar-refractivity contribution >= 4 is 17.7 Å². The fraction of sp³-hybridized carbons (Fsp3) is 0.357. The topological polar surface area (TPSA) is 55.1 Å². The van der Waals surface area contributed by atoms with Crippen LogP contribution in [0.25, 0.3) is 0 Å². The molecule has 0 atom stereocenters. The van der Waals surface area contributed by atoms with Gasteiger partial charge in [0.15, 0.2) is 0 Å². The summed E-state index contributed by atoms with van der Waals surface area (Å²) in [6.45, 7) is 1.89. The average molecular weight is 316 g/mol. The summed E-state index contributed by atoms with van der Waals surface area (Å²) in [5, 5.41) is 2.46. The van der Waals surface area contributed by atoms with Crippen molar-refractivity contribution in [2.24, 2.45) is 5.73 Å². The Morgan fingerprint density at radius 3 is 2.76 bits per heavy atom. The number of hydrogen-bond acceptors (Lipinski definition) is 3. The third kappa shape index (κ3) is 6.10. The molecule has 0 bridgehead atoms. The van der Waals surface area contributed by atoms with Crippen molar-refractivity contribution in [3.8, 4) is 11.8 Å². The summed E-state index contributed by atoms with van der Waals surface area (Å²) in [5.41, 5.74) is 2.77. The van der Waals surface area contributed by atoms with Crippen LogP contribution in [0.4, 0.5) is 13.2 Å². The van der Waals surface area contributed by atoms with Crippen molar-refractivity contribution in [2.75, 3.05) is 18.8 Å². The fourth-order valence-corrected chi connectivity index (χ4v) is 2.03. The van der Waals surface area contributed by atoms with Gasteiger partial charge in [-0.2, -0.15) is 13.2 Å². The second kappa shape index (κ2) is 7.96. The van der Waals surface area contributed by atoms with Crippen LogP contribution in [0.3, 0.4) is 0 Å². The molecule has 114 valence electrons.